The van der Waals surface area contributed by atoms with E-state index in [1.54, 1.807) is 6.07 Å². The Morgan fingerprint density at radius 3 is 3.00 bits per heavy atom. The molecule has 0 saturated heterocycles. The third kappa shape index (κ3) is 2.24. The number of aromatic hydroxyl groups is 1. The van der Waals surface area contributed by atoms with E-state index in [0.717, 1.165) is 36.5 Å². The molecule has 3 rings (SSSR count). The third-order valence-electron chi connectivity index (χ3n) is 3.36. The zero-order valence-electron chi connectivity index (χ0n) is 10.3. The number of phenolic OH excluding ortho intramolecular Hbond substituents is 1. The average molecular weight is 313 g/mol. The van der Waals surface area contributed by atoms with E-state index < -0.39 is 0 Å². The fourth-order valence-electron chi connectivity index (χ4n) is 2.59. The molecule has 1 aromatic carbocycles. The largest absolute Gasteiger partial charge is 0.508 e. The fourth-order valence-corrected chi connectivity index (χ4v) is 2.59. The van der Waals surface area contributed by atoms with E-state index in [4.69, 9.17) is 4.74 Å². The molecule has 1 aromatic rings. The van der Waals surface area contributed by atoms with Crippen LogP contribution < -0.4 is 5.32 Å². The summed E-state index contributed by atoms with van der Waals surface area (Å²) in [6.45, 7) is 4.43. The molecule has 0 bridgehead atoms. The number of ether oxygens (including phenoxy) is 1. The number of phenols is 1. The van der Waals surface area contributed by atoms with Gasteiger partial charge in [-0.3, -0.25) is 4.99 Å². The van der Waals surface area contributed by atoms with Crippen LogP contribution in [0.4, 0.5) is 0 Å². The minimum atomic E-state index is -0.132. The lowest BCUT2D eigenvalue weighted by Gasteiger charge is -2.27. The molecule has 2 aliphatic rings. The van der Waals surface area contributed by atoms with Crippen LogP contribution in [0.1, 0.15) is 22.8 Å². The number of nitrogens with one attached hydrogen (secondary N) is 1. The second-order valence-electron chi connectivity index (χ2n) is 4.53. The molecule has 2 N–H and O–H groups in total. The molecular formula is C13H17BrN2O2. The number of aliphatic imine (C=N–C) groups is 1. The third-order valence-corrected chi connectivity index (χ3v) is 3.36. The van der Waals surface area contributed by atoms with Crippen molar-refractivity contribution in [2.75, 3.05) is 19.7 Å². The topological polar surface area (TPSA) is 53.9 Å². The first kappa shape index (κ1) is 13.4. The van der Waals surface area contributed by atoms with Crippen molar-refractivity contribution in [3.05, 3.63) is 28.8 Å². The molecule has 0 radical (unpaired) electrons. The van der Waals surface area contributed by atoms with Gasteiger partial charge in [0.05, 0.1) is 13.2 Å². The molecule has 18 heavy (non-hydrogen) atoms. The van der Waals surface area contributed by atoms with Crippen molar-refractivity contribution in [2.24, 2.45) is 4.99 Å². The van der Waals surface area contributed by atoms with Gasteiger partial charge in [0.15, 0.2) is 0 Å². The van der Waals surface area contributed by atoms with Crippen molar-refractivity contribution in [2.45, 2.75) is 19.4 Å². The van der Waals surface area contributed by atoms with Crippen molar-refractivity contribution in [3.8, 4) is 5.75 Å². The zero-order valence-corrected chi connectivity index (χ0v) is 12.0. The summed E-state index contributed by atoms with van der Waals surface area (Å²) in [6, 6.07) is 3.61. The molecule has 2 aliphatic heterocycles. The van der Waals surface area contributed by atoms with Crippen LogP contribution in [-0.4, -0.2) is 30.6 Å². The molecule has 0 aliphatic carbocycles. The lowest BCUT2D eigenvalue weighted by molar-refractivity contribution is 0.0856. The normalized spacial score (nSPS) is 21.6. The van der Waals surface area contributed by atoms with Crippen molar-refractivity contribution in [3.63, 3.8) is 0 Å². The highest BCUT2D eigenvalue weighted by Crippen LogP contribution is 2.33. The molecular weight excluding hydrogens is 296 g/mol. The summed E-state index contributed by atoms with van der Waals surface area (Å²) < 4.78 is 5.79. The number of nitrogens with zero attached hydrogens (tertiary/aromatic N) is 1. The quantitative estimate of drug-likeness (QED) is 0.832. The van der Waals surface area contributed by atoms with E-state index in [1.165, 1.54) is 5.56 Å². The lowest BCUT2D eigenvalue weighted by atomic mass is 9.92. The van der Waals surface area contributed by atoms with Gasteiger partial charge in [0.25, 0.3) is 0 Å². The van der Waals surface area contributed by atoms with Crippen LogP contribution in [0.5, 0.6) is 5.75 Å². The maximum absolute atomic E-state index is 9.71. The summed E-state index contributed by atoms with van der Waals surface area (Å²) in [4.78, 5) is 4.42. The first-order chi connectivity index (χ1) is 8.25. The SMILES string of the molecule is Br.Cc1cc(O)cc2c1CCOC2C1=NCCN1. The number of fused-ring (bicyclic) bond motifs is 1. The van der Waals surface area contributed by atoms with Crippen molar-refractivity contribution in [1.82, 2.24) is 5.32 Å². The Morgan fingerprint density at radius 1 is 1.44 bits per heavy atom. The van der Waals surface area contributed by atoms with E-state index in [2.05, 4.69) is 10.3 Å². The summed E-state index contributed by atoms with van der Waals surface area (Å²) in [7, 11) is 0. The first-order valence-corrected chi connectivity index (χ1v) is 5.98. The van der Waals surface area contributed by atoms with Gasteiger partial charge in [-0.25, -0.2) is 0 Å². The summed E-state index contributed by atoms with van der Waals surface area (Å²) in [5.74, 6) is 1.20. The van der Waals surface area contributed by atoms with Gasteiger partial charge >= 0.3 is 0 Å². The van der Waals surface area contributed by atoms with Crippen LogP contribution in [0.2, 0.25) is 0 Å². The van der Waals surface area contributed by atoms with Crippen molar-refractivity contribution < 1.29 is 9.84 Å². The molecule has 0 saturated carbocycles. The highest BCUT2D eigenvalue weighted by molar-refractivity contribution is 8.93. The van der Waals surface area contributed by atoms with Crippen molar-refractivity contribution >= 4 is 22.8 Å². The molecule has 0 aromatic heterocycles. The van der Waals surface area contributed by atoms with Crippen LogP contribution in [-0.2, 0) is 11.2 Å². The molecule has 2 heterocycles. The zero-order chi connectivity index (χ0) is 11.8. The van der Waals surface area contributed by atoms with Gasteiger partial charge in [-0.05, 0) is 42.2 Å². The Balaban J connectivity index is 0.00000120. The minimum absolute atomic E-state index is 0. The van der Waals surface area contributed by atoms with Crippen molar-refractivity contribution in [1.29, 1.82) is 0 Å². The molecule has 1 unspecified atom stereocenters. The van der Waals surface area contributed by atoms with Crippen LogP contribution >= 0.6 is 17.0 Å². The Kier molecular flexibility index (Phi) is 3.92. The number of hydrogen-bond donors (Lipinski definition) is 2. The number of amidine groups is 1. The number of benzene rings is 1. The highest BCUT2D eigenvalue weighted by atomic mass is 79.9. The summed E-state index contributed by atoms with van der Waals surface area (Å²) in [6.07, 6.45) is 0.776. The predicted octanol–water partition coefficient (Wildman–Crippen LogP) is 1.89. The van der Waals surface area contributed by atoms with Crippen LogP contribution in [0.15, 0.2) is 17.1 Å². The van der Waals surface area contributed by atoms with E-state index in [1.807, 2.05) is 13.0 Å². The molecule has 0 fully saturated rings. The molecule has 98 valence electrons. The molecule has 4 nitrogen and oxygen atoms in total. The van der Waals surface area contributed by atoms with Crippen LogP contribution in [0.25, 0.3) is 0 Å². The van der Waals surface area contributed by atoms with E-state index in [9.17, 15) is 5.11 Å². The van der Waals surface area contributed by atoms with Gasteiger partial charge in [-0.15, -0.1) is 17.0 Å². The second-order valence-corrected chi connectivity index (χ2v) is 4.53. The summed E-state index contributed by atoms with van der Waals surface area (Å²) in [5.41, 5.74) is 3.48. The van der Waals surface area contributed by atoms with Gasteiger partial charge in [0.1, 0.15) is 17.7 Å². The predicted molar refractivity (Wildman–Crippen MR) is 75.9 cm³/mol. The van der Waals surface area contributed by atoms with Gasteiger partial charge in [-0.2, -0.15) is 0 Å². The Bertz CT molecular complexity index is 488. The Hall–Kier alpha value is -1.07. The number of halogens is 1. The monoisotopic (exact) mass is 312 g/mol. The maximum Gasteiger partial charge on any atom is 0.140 e. The molecule has 0 spiro atoms. The highest BCUT2D eigenvalue weighted by Gasteiger charge is 2.28. The second kappa shape index (κ2) is 5.28. The molecule has 5 heteroatoms. The van der Waals surface area contributed by atoms with E-state index >= 15 is 0 Å². The van der Waals surface area contributed by atoms with Gasteiger partial charge < -0.3 is 15.2 Å². The molecule has 0 amide bonds. The fraction of sp³-hybridized carbons (Fsp3) is 0.462. The summed E-state index contributed by atoms with van der Waals surface area (Å²) >= 11 is 0. The average Bonchev–Trinajstić information content (AvgIpc) is 2.81. The number of hydrogen-bond acceptors (Lipinski definition) is 4. The molecule has 1 atom stereocenters. The standard InChI is InChI=1S/C13H16N2O2.BrH/c1-8-6-9(16)7-11-10(8)2-5-17-12(11)13-14-3-4-15-13;/h6-7,12,16H,2-5H2,1H3,(H,14,15);1H. The van der Waals surface area contributed by atoms with Crippen LogP contribution in [0, 0.1) is 6.92 Å². The van der Waals surface area contributed by atoms with Gasteiger partial charge in [-0.1, -0.05) is 0 Å². The Labute approximate surface area is 117 Å². The Morgan fingerprint density at radius 2 is 2.28 bits per heavy atom. The van der Waals surface area contributed by atoms with Gasteiger partial charge in [0, 0.05) is 6.54 Å². The minimum Gasteiger partial charge on any atom is -0.508 e. The first-order valence-electron chi connectivity index (χ1n) is 5.98. The van der Waals surface area contributed by atoms with Gasteiger partial charge in [0.2, 0.25) is 0 Å². The van der Waals surface area contributed by atoms with E-state index in [0.29, 0.717) is 12.4 Å². The number of rotatable bonds is 1. The maximum atomic E-state index is 9.71. The van der Waals surface area contributed by atoms with E-state index in [-0.39, 0.29) is 23.1 Å². The summed E-state index contributed by atoms with van der Waals surface area (Å²) in [5, 5.41) is 13.0. The number of aryl methyl sites for hydroxylation is 1. The van der Waals surface area contributed by atoms with Crippen LogP contribution in [0.3, 0.4) is 0 Å². The smallest absolute Gasteiger partial charge is 0.140 e. The lowest BCUT2D eigenvalue weighted by Crippen LogP contribution is -2.31.